The third-order valence-corrected chi connectivity index (χ3v) is 5.51. The molecule has 1 amide bonds. The molecule has 1 aromatic heterocycles. The van der Waals surface area contributed by atoms with E-state index in [1.54, 1.807) is 23.2 Å². The Morgan fingerprint density at radius 3 is 2.23 bits per heavy atom. The van der Waals surface area contributed by atoms with Crippen molar-refractivity contribution in [1.29, 1.82) is 0 Å². The first-order valence-corrected chi connectivity index (χ1v) is 9.41. The Morgan fingerprint density at radius 2 is 1.65 bits per heavy atom. The lowest BCUT2D eigenvalue weighted by Crippen LogP contribution is -2.19. The SMILES string of the molecule is CC(C)C(=O)Nc1cc2c(cc1Sc1ccc(Cl)cc1)n(C)c(=O)n2C. The summed E-state index contributed by atoms with van der Waals surface area (Å²) in [6.07, 6.45) is 0. The lowest BCUT2D eigenvalue weighted by molar-refractivity contribution is -0.118. The van der Waals surface area contributed by atoms with E-state index in [1.807, 2.05) is 50.2 Å². The van der Waals surface area contributed by atoms with Crippen LogP contribution in [0, 0.1) is 5.92 Å². The fraction of sp³-hybridized carbons (Fsp3) is 0.263. The van der Waals surface area contributed by atoms with Crippen LogP contribution in [0.3, 0.4) is 0 Å². The van der Waals surface area contributed by atoms with Crippen LogP contribution in [-0.4, -0.2) is 15.0 Å². The summed E-state index contributed by atoms with van der Waals surface area (Å²) in [6, 6.07) is 11.3. The van der Waals surface area contributed by atoms with E-state index in [0.29, 0.717) is 10.7 Å². The molecule has 2 aromatic carbocycles. The van der Waals surface area contributed by atoms with Crippen LogP contribution < -0.4 is 11.0 Å². The van der Waals surface area contributed by atoms with Crippen molar-refractivity contribution in [2.45, 2.75) is 23.6 Å². The van der Waals surface area contributed by atoms with Gasteiger partial charge in [-0.15, -0.1) is 0 Å². The topological polar surface area (TPSA) is 56.0 Å². The van der Waals surface area contributed by atoms with Gasteiger partial charge in [0.05, 0.1) is 16.7 Å². The first-order valence-electron chi connectivity index (χ1n) is 8.21. The smallest absolute Gasteiger partial charge is 0.325 e. The molecule has 0 aliphatic heterocycles. The molecule has 7 heteroatoms. The number of hydrogen-bond donors (Lipinski definition) is 1. The Hall–Kier alpha value is -2.18. The number of nitrogens with one attached hydrogen (secondary N) is 1. The molecule has 3 aromatic rings. The van der Waals surface area contributed by atoms with Crippen LogP contribution in [0.1, 0.15) is 13.8 Å². The number of fused-ring (bicyclic) bond motifs is 1. The maximum atomic E-state index is 12.3. The van der Waals surface area contributed by atoms with Crippen molar-refractivity contribution >= 4 is 46.0 Å². The molecule has 0 fully saturated rings. The predicted molar refractivity (Wildman–Crippen MR) is 107 cm³/mol. The number of benzene rings is 2. The van der Waals surface area contributed by atoms with Crippen molar-refractivity contribution in [1.82, 2.24) is 9.13 Å². The van der Waals surface area contributed by atoms with Crippen LogP contribution in [0.2, 0.25) is 5.02 Å². The zero-order chi connectivity index (χ0) is 19.0. The Kier molecular flexibility index (Phi) is 5.16. The second-order valence-electron chi connectivity index (χ2n) is 6.44. The van der Waals surface area contributed by atoms with E-state index in [0.717, 1.165) is 20.8 Å². The summed E-state index contributed by atoms with van der Waals surface area (Å²) >= 11 is 7.48. The molecular formula is C19H20ClN3O2S. The highest BCUT2D eigenvalue weighted by Crippen LogP contribution is 2.36. The monoisotopic (exact) mass is 389 g/mol. The summed E-state index contributed by atoms with van der Waals surface area (Å²) in [4.78, 5) is 26.4. The molecule has 26 heavy (non-hydrogen) atoms. The fourth-order valence-corrected chi connectivity index (χ4v) is 3.66. The molecule has 0 atom stereocenters. The molecule has 0 bridgehead atoms. The number of aryl methyl sites for hydroxylation is 2. The van der Waals surface area contributed by atoms with E-state index >= 15 is 0 Å². The molecule has 0 radical (unpaired) electrons. The van der Waals surface area contributed by atoms with Crippen molar-refractivity contribution in [2.24, 2.45) is 20.0 Å². The van der Waals surface area contributed by atoms with Gasteiger partial charge in [-0.2, -0.15) is 0 Å². The van der Waals surface area contributed by atoms with Crippen LogP contribution >= 0.6 is 23.4 Å². The standard InChI is InChI=1S/C19H20ClN3O2S/c1-11(2)18(24)21-14-9-15-16(23(4)19(25)22(15)3)10-17(14)26-13-7-5-12(20)6-8-13/h5-11H,1-4H3,(H,21,24). The van der Waals surface area contributed by atoms with E-state index in [4.69, 9.17) is 11.6 Å². The Bertz CT molecular complexity index is 1040. The molecule has 136 valence electrons. The van der Waals surface area contributed by atoms with Crippen LogP contribution in [0.25, 0.3) is 11.0 Å². The first kappa shape index (κ1) is 18.6. The maximum absolute atomic E-state index is 12.3. The summed E-state index contributed by atoms with van der Waals surface area (Å²) in [5, 5.41) is 3.65. The van der Waals surface area contributed by atoms with Crippen LogP contribution in [0.4, 0.5) is 5.69 Å². The van der Waals surface area contributed by atoms with Gasteiger partial charge < -0.3 is 5.32 Å². The number of hydrogen-bond acceptors (Lipinski definition) is 3. The third kappa shape index (κ3) is 3.52. The largest absolute Gasteiger partial charge is 0.328 e. The molecule has 5 nitrogen and oxygen atoms in total. The van der Waals surface area contributed by atoms with Crippen molar-refractivity contribution in [3.63, 3.8) is 0 Å². The Balaban J connectivity index is 2.13. The van der Waals surface area contributed by atoms with Gasteiger partial charge in [-0.3, -0.25) is 13.9 Å². The highest BCUT2D eigenvalue weighted by atomic mass is 35.5. The second kappa shape index (κ2) is 7.21. The molecule has 1 N–H and O–H groups in total. The van der Waals surface area contributed by atoms with E-state index in [9.17, 15) is 9.59 Å². The molecule has 0 aliphatic rings. The lowest BCUT2D eigenvalue weighted by atomic mass is 10.2. The van der Waals surface area contributed by atoms with E-state index in [-0.39, 0.29) is 17.5 Å². The van der Waals surface area contributed by atoms with Gasteiger partial charge in [0.15, 0.2) is 0 Å². The number of carbonyl (C=O) groups is 1. The summed E-state index contributed by atoms with van der Waals surface area (Å²) < 4.78 is 3.19. The van der Waals surface area contributed by atoms with Crippen molar-refractivity contribution in [3.8, 4) is 0 Å². The average molecular weight is 390 g/mol. The van der Waals surface area contributed by atoms with Gasteiger partial charge in [0.25, 0.3) is 0 Å². The van der Waals surface area contributed by atoms with Gasteiger partial charge in [0.1, 0.15) is 0 Å². The molecule has 3 rings (SSSR count). The number of rotatable bonds is 4. The number of halogens is 1. The molecule has 0 spiro atoms. The zero-order valence-corrected chi connectivity index (χ0v) is 16.6. The van der Waals surface area contributed by atoms with Crippen LogP contribution in [-0.2, 0) is 18.9 Å². The Labute approximate surface area is 161 Å². The minimum atomic E-state index is -0.140. The predicted octanol–water partition coefficient (Wildman–Crippen LogP) is 4.28. The lowest BCUT2D eigenvalue weighted by Gasteiger charge is -2.13. The number of carbonyl (C=O) groups excluding carboxylic acids is 1. The van der Waals surface area contributed by atoms with Gasteiger partial charge in [-0.25, -0.2) is 4.79 Å². The van der Waals surface area contributed by atoms with E-state index < -0.39 is 0 Å². The maximum Gasteiger partial charge on any atom is 0.328 e. The molecule has 0 saturated heterocycles. The number of amides is 1. The van der Waals surface area contributed by atoms with Crippen molar-refractivity contribution < 1.29 is 4.79 Å². The van der Waals surface area contributed by atoms with Crippen molar-refractivity contribution in [2.75, 3.05) is 5.32 Å². The first-order chi connectivity index (χ1) is 12.3. The number of imidazole rings is 1. The third-order valence-electron chi connectivity index (χ3n) is 4.20. The molecular weight excluding hydrogens is 370 g/mol. The highest BCUT2D eigenvalue weighted by Gasteiger charge is 2.16. The van der Waals surface area contributed by atoms with Crippen LogP contribution in [0.5, 0.6) is 0 Å². The zero-order valence-electron chi connectivity index (χ0n) is 15.0. The Morgan fingerprint density at radius 1 is 1.08 bits per heavy atom. The van der Waals surface area contributed by atoms with E-state index in [1.165, 1.54) is 11.8 Å². The second-order valence-corrected chi connectivity index (χ2v) is 7.99. The highest BCUT2D eigenvalue weighted by molar-refractivity contribution is 7.99. The summed E-state index contributed by atoms with van der Waals surface area (Å²) in [7, 11) is 3.47. The summed E-state index contributed by atoms with van der Waals surface area (Å²) in [6.45, 7) is 3.69. The normalized spacial score (nSPS) is 11.3. The summed E-state index contributed by atoms with van der Waals surface area (Å²) in [5.74, 6) is -0.207. The van der Waals surface area contributed by atoms with Crippen molar-refractivity contribution in [3.05, 3.63) is 51.9 Å². The quantitative estimate of drug-likeness (QED) is 0.724. The van der Waals surface area contributed by atoms with Gasteiger partial charge >= 0.3 is 5.69 Å². The van der Waals surface area contributed by atoms with E-state index in [2.05, 4.69) is 5.32 Å². The van der Waals surface area contributed by atoms with Crippen LogP contribution in [0.15, 0.2) is 51.0 Å². The molecule has 1 heterocycles. The molecule has 0 saturated carbocycles. The minimum absolute atomic E-state index is 0.0664. The van der Waals surface area contributed by atoms with Gasteiger partial charge in [-0.1, -0.05) is 37.2 Å². The number of nitrogens with zero attached hydrogens (tertiary/aromatic N) is 2. The van der Waals surface area contributed by atoms with Gasteiger partial charge in [-0.05, 0) is 36.4 Å². The number of aromatic nitrogens is 2. The minimum Gasteiger partial charge on any atom is -0.325 e. The van der Waals surface area contributed by atoms with Gasteiger partial charge in [0.2, 0.25) is 5.91 Å². The summed E-state index contributed by atoms with van der Waals surface area (Å²) in [5.41, 5.74) is 2.18. The number of anilines is 1. The average Bonchev–Trinajstić information content (AvgIpc) is 2.81. The molecule has 0 unspecified atom stereocenters. The van der Waals surface area contributed by atoms with Gasteiger partial charge in [0, 0.05) is 34.8 Å². The fourth-order valence-electron chi connectivity index (χ4n) is 2.61. The molecule has 0 aliphatic carbocycles.